The molecule has 0 aliphatic rings. The summed E-state index contributed by atoms with van der Waals surface area (Å²) in [6, 6.07) is 12.6. The number of aryl methyl sites for hydroxylation is 1. The van der Waals surface area contributed by atoms with Crippen LogP contribution in [0.15, 0.2) is 47.4 Å². The Morgan fingerprint density at radius 3 is 2.57 bits per heavy atom. The molecule has 0 bridgehead atoms. The van der Waals surface area contributed by atoms with Gasteiger partial charge in [0.1, 0.15) is 11.6 Å². The van der Waals surface area contributed by atoms with E-state index < -0.39 is 5.56 Å². The number of aromatic nitrogens is 2. The maximum absolute atomic E-state index is 12.3. The molecule has 4 nitrogen and oxygen atoms in total. The first kappa shape index (κ1) is 15.4. The molecule has 0 saturated carbocycles. The van der Waals surface area contributed by atoms with Crippen molar-refractivity contribution in [2.24, 2.45) is 7.05 Å². The zero-order valence-electron chi connectivity index (χ0n) is 12.1. The van der Waals surface area contributed by atoms with E-state index in [1.54, 1.807) is 24.3 Å². The number of rotatable bonds is 2. The summed E-state index contributed by atoms with van der Waals surface area (Å²) in [6.07, 6.45) is 1.86. The highest BCUT2D eigenvalue weighted by molar-refractivity contribution is 6.42. The quantitative estimate of drug-likeness (QED) is 0.756. The van der Waals surface area contributed by atoms with Gasteiger partial charge in [-0.05, 0) is 35.9 Å². The van der Waals surface area contributed by atoms with Gasteiger partial charge in [0.15, 0.2) is 0 Å². The number of H-pyrrole nitrogens is 1. The molecule has 0 radical (unpaired) electrons. The van der Waals surface area contributed by atoms with E-state index in [0.29, 0.717) is 21.3 Å². The third-order valence-electron chi connectivity index (χ3n) is 3.60. The summed E-state index contributed by atoms with van der Waals surface area (Å²) >= 11 is 12.0. The first-order valence-electron chi connectivity index (χ1n) is 6.76. The standard InChI is InChI=1S/C17H11Cl2N3O/c1-22-6-2-3-16(22)11-8-15(21-17(23)12(11)9-20)10-4-5-13(18)14(19)7-10/h2-8H,1H3,(H,21,23). The van der Waals surface area contributed by atoms with Crippen molar-refractivity contribution in [1.82, 2.24) is 9.55 Å². The van der Waals surface area contributed by atoms with E-state index in [2.05, 4.69) is 4.98 Å². The van der Waals surface area contributed by atoms with Crippen LogP contribution in [-0.4, -0.2) is 9.55 Å². The van der Waals surface area contributed by atoms with Gasteiger partial charge in [0, 0.05) is 30.2 Å². The second-order valence-electron chi connectivity index (χ2n) is 5.05. The minimum Gasteiger partial charge on any atom is -0.351 e. The summed E-state index contributed by atoms with van der Waals surface area (Å²) in [5, 5.41) is 10.2. The van der Waals surface area contributed by atoms with E-state index >= 15 is 0 Å². The van der Waals surface area contributed by atoms with Gasteiger partial charge in [-0.15, -0.1) is 0 Å². The lowest BCUT2D eigenvalue weighted by Gasteiger charge is -2.09. The minimum absolute atomic E-state index is 0.0793. The van der Waals surface area contributed by atoms with Crippen LogP contribution in [0.5, 0.6) is 0 Å². The molecule has 6 heteroatoms. The van der Waals surface area contributed by atoms with Crippen LogP contribution in [0.1, 0.15) is 5.56 Å². The van der Waals surface area contributed by atoms with Crippen molar-refractivity contribution in [3.8, 4) is 28.6 Å². The maximum Gasteiger partial charge on any atom is 0.267 e. The van der Waals surface area contributed by atoms with Crippen LogP contribution in [-0.2, 0) is 7.05 Å². The first-order valence-corrected chi connectivity index (χ1v) is 7.51. The molecule has 0 aliphatic carbocycles. The minimum atomic E-state index is -0.438. The van der Waals surface area contributed by atoms with Crippen LogP contribution >= 0.6 is 23.2 Å². The lowest BCUT2D eigenvalue weighted by Crippen LogP contribution is -2.13. The third-order valence-corrected chi connectivity index (χ3v) is 4.33. The Bertz CT molecular complexity index is 996. The van der Waals surface area contributed by atoms with Crippen molar-refractivity contribution < 1.29 is 0 Å². The van der Waals surface area contributed by atoms with Crippen molar-refractivity contribution >= 4 is 23.2 Å². The van der Waals surface area contributed by atoms with Crippen LogP contribution < -0.4 is 5.56 Å². The zero-order chi connectivity index (χ0) is 16.6. The largest absolute Gasteiger partial charge is 0.351 e. The van der Waals surface area contributed by atoms with Gasteiger partial charge in [-0.1, -0.05) is 29.3 Å². The van der Waals surface area contributed by atoms with Gasteiger partial charge in [-0.3, -0.25) is 4.79 Å². The molecule has 0 fully saturated rings. The second-order valence-corrected chi connectivity index (χ2v) is 5.86. The van der Waals surface area contributed by atoms with Crippen molar-refractivity contribution in [2.45, 2.75) is 0 Å². The van der Waals surface area contributed by atoms with Crippen molar-refractivity contribution in [3.05, 3.63) is 68.6 Å². The van der Waals surface area contributed by atoms with Gasteiger partial charge in [0.2, 0.25) is 0 Å². The SMILES string of the molecule is Cn1cccc1-c1cc(-c2ccc(Cl)c(Cl)c2)[nH]c(=O)c1C#N. The molecule has 3 aromatic rings. The van der Waals surface area contributed by atoms with Crippen LogP contribution in [0, 0.1) is 11.3 Å². The summed E-state index contributed by atoms with van der Waals surface area (Å²) < 4.78 is 1.86. The zero-order valence-corrected chi connectivity index (χ0v) is 13.6. The highest BCUT2D eigenvalue weighted by atomic mass is 35.5. The highest BCUT2D eigenvalue weighted by Crippen LogP contribution is 2.30. The van der Waals surface area contributed by atoms with Gasteiger partial charge < -0.3 is 9.55 Å². The van der Waals surface area contributed by atoms with Crippen molar-refractivity contribution in [1.29, 1.82) is 5.26 Å². The molecule has 3 rings (SSSR count). The molecule has 23 heavy (non-hydrogen) atoms. The number of halogens is 2. The third kappa shape index (κ3) is 2.77. The molecule has 0 aliphatic heterocycles. The molecule has 0 unspecified atom stereocenters. The number of hydrogen-bond acceptors (Lipinski definition) is 2. The molecule has 0 amide bonds. The summed E-state index contributed by atoms with van der Waals surface area (Å²) in [6.45, 7) is 0. The maximum atomic E-state index is 12.3. The number of benzene rings is 1. The molecule has 0 saturated heterocycles. The average Bonchev–Trinajstić information content (AvgIpc) is 2.95. The molecule has 1 N–H and O–H groups in total. The Morgan fingerprint density at radius 2 is 1.96 bits per heavy atom. The molecular formula is C17H11Cl2N3O. The summed E-state index contributed by atoms with van der Waals surface area (Å²) in [4.78, 5) is 15.0. The van der Waals surface area contributed by atoms with E-state index in [-0.39, 0.29) is 5.56 Å². The number of nitriles is 1. The van der Waals surface area contributed by atoms with Gasteiger partial charge in [0.25, 0.3) is 5.56 Å². The van der Waals surface area contributed by atoms with E-state index in [4.69, 9.17) is 23.2 Å². The Balaban J connectivity index is 2.27. The summed E-state index contributed by atoms with van der Waals surface area (Å²) in [5.74, 6) is 0. The molecule has 1 aromatic carbocycles. The predicted molar refractivity (Wildman–Crippen MR) is 91.6 cm³/mol. The van der Waals surface area contributed by atoms with Crippen molar-refractivity contribution in [3.63, 3.8) is 0 Å². The fraction of sp³-hybridized carbons (Fsp3) is 0.0588. The monoisotopic (exact) mass is 343 g/mol. The van der Waals surface area contributed by atoms with Gasteiger partial charge in [0.05, 0.1) is 10.0 Å². The Hall–Kier alpha value is -2.48. The molecular weight excluding hydrogens is 333 g/mol. The lowest BCUT2D eigenvalue weighted by atomic mass is 10.0. The lowest BCUT2D eigenvalue weighted by molar-refractivity contribution is 0.935. The molecule has 2 aromatic heterocycles. The number of hydrogen-bond donors (Lipinski definition) is 1. The van der Waals surface area contributed by atoms with Crippen LogP contribution in [0.4, 0.5) is 0 Å². The smallest absolute Gasteiger partial charge is 0.267 e. The fourth-order valence-electron chi connectivity index (χ4n) is 2.43. The second kappa shape index (κ2) is 5.96. The van der Waals surface area contributed by atoms with Gasteiger partial charge in [-0.25, -0.2) is 0 Å². The van der Waals surface area contributed by atoms with Gasteiger partial charge >= 0.3 is 0 Å². The van der Waals surface area contributed by atoms with Crippen LogP contribution in [0.25, 0.3) is 22.5 Å². The van der Waals surface area contributed by atoms with Gasteiger partial charge in [-0.2, -0.15) is 5.26 Å². The number of nitrogens with zero attached hydrogens (tertiary/aromatic N) is 2. The Morgan fingerprint density at radius 1 is 1.17 bits per heavy atom. The molecule has 0 atom stereocenters. The van der Waals surface area contributed by atoms with E-state index in [1.165, 1.54) is 0 Å². The predicted octanol–water partition coefficient (Wildman–Crippen LogP) is 4.23. The summed E-state index contributed by atoms with van der Waals surface area (Å²) in [7, 11) is 1.86. The first-order chi connectivity index (χ1) is 11.0. The molecule has 0 spiro atoms. The number of pyridine rings is 1. The van der Waals surface area contributed by atoms with Crippen molar-refractivity contribution in [2.75, 3.05) is 0 Å². The van der Waals surface area contributed by atoms with Crippen LogP contribution in [0.2, 0.25) is 10.0 Å². The number of nitrogens with one attached hydrogen (secondary N) is 1. The average molecular weight is 344 g/mol. The van der Waals surface area contributed by atoms with E-state index in [1.807, 2.05) is 36.0 Å². The van der Waals surface area contributed by atoms with E-state index in [9.17, 15) is 10.1 Å². The summed E-state index contributed by atoms with van der Waals surface area (Å²) in [5.41, 5.74) is 2.29. The Labute approximate surface area is 142 Å². The fourth-order valence-corrected chi connectivity index (χ4v) is 2.73. The molecule has 2 heterocycles. The molecule has 114 valence electrons. The normalized spacial score (nSPS) is 10.5. The number of aromatic amines is 1. The Kier molecular flexibility index (Phi) is 3.99. The van der Waals surface area contributed by atoms with E-state index in [0.717, 1.165) is 11.3 Å². The van der Waals surface area contributed by atoms with Crippen LogP contribution in [0.3, 0.4) is 0 Å². The highest BCUT2D eigenvalue weighted by Gasteiger charge is 2.14. The topological polar surface area (TPSA) is 61.6 Å².